The van der Waals surface area contributed by atoms with Crippen molar-refractivity contribution < 1.29 is 81.0 Å². The minimum Gasteiger partial charge on any atom is -0.394 e. The lowest BCUT2D eigenvalue weighted by Crippen LogP contribution is -2.21. The molecular weight excluding hydrogens is 1420 g/mol. The Morgan fingerprint density at radius 1 is 0.436 bits per heavy atom. The van der Waals surface area contributed by atoms with Crippen LogP contribution in [-0.4, -0.2) is 172 Å². The van der Waals surface area contributed by atoms with Gasteiger partial charge in [0.2, 0.25) is 0 Å². The maximum Gasteiger partial charge on any atom is 0.391 e. The Bertz CT molecular complexity index is 1840. The van der Waals surface area contributed by atoms with Gasteiger partial charge in [-0.15, -0.1) is 19.2 Å². The molecule has 29 heteroatoms. The molecular formula is C65H135Cl3FNO17S7. The molecule has 0 radical (unpaired) electrons. The van der Waals surface area contributed by atoms with Gasteiger partial charge in [0, 0.05) is 80.1 Å². The topological polar surface area (TPSA) is 253 Å². The number of aliphatic hydroxyl groups excluding tert-OH is 2. The number of allylic oxidation sites excluding steroid dienone is 1. The molecule has 0 aromatic carbocycles. The summed E-state index contributed by atoms with van der Waals surface area (Å²) in [5.74, 6) is 2.95. The molecule has 0 atom stereocenters. The van der Waals surface area contributed by atoms with Gasteiger partial charge in [0.25, 0.3) is 0 Å². The van der Waals surface area contributed by atoms with Gasteiger partial charge in [-0.25, -0.2) is 0 Å². The number of thiol groups is 2. The van der Waals surface area contributed by atoms with Crippen LogP contribution in [-0.2, 0) is 69.8 Å². The lowest BCUT2D eigenvalue weighted by molar-refractivity contribution is -0.109. The predicted octanol–water partition coefficient (Wildman–Crippen LogP) is 18.2. The normalized spacial score (nSPS) is 10.9. The highest BCUT2D eigenvalue weighted by Crippen LogP contribution is 2.15. The number of aliphatic hydroxyl groups is 2. The van der Waals surface area contributed by atoms with Gasteiger partial charge in [0.05, 0.1) is 63.5 Å². The van der Waals surface area contributed by atoms with Crippen LogP contribution in [0.2, 0.25) is 0 Å². The standard InChI is InChI=1S/C15H29ClO5S2.C15H30O3S.C13H27ClO4S2.C13H26O2.C6H15N.C2H4OS.CH4.ClFO2S/c1-15(17)22-14-10-8-6-4-2-3-5-7-9-11-20-12-13-21-23(16,18)19;1-15(17)19-14-10-8-6-4-2-3-5-7-9-12-18-13-11-16;14-20(15,16)18-12-11-17-10-8-6-4-2-1-3-5-7-9-13-19;1-2-3-4-5-6-7-8-9-10-12-15-13-11-14;1-4-7(5-2)6-3;1-2(3)4;;1-5(2,3)4/h2-14H2,1H3;16H,2-14H2,1H3;19H,1-13H2;2,14H,1,3-13H2;4-6H2,1-3H3;1H3,(H,3,4);1H4;. The quantitative estimate of drug-likeness (QED) is 0.0191. The number of carbonyl (C=O) groups is 3. The van der Waals surface area contributed by atoms with E-state index >= 15 is 0 Å². The van der Waals surface area contributed by atoms with Crippen molar-refractivity contribution in [3.8, 4) is 0 Å². The first-order valence-corrected chi connectivity index (χ1v) is 43.7. The van der Waals surface area contributed by atoms with Crippen LogP contribution in [0.3, 0.4) is 0 Å². The fourth-order valence-corrected chi connectivity index (χ4v) is 10.4. The van der Waals surface area contributed by atoms with E-state index in [-0.39, 0.29) is 62.4 Å². The summed E-state index contributed by atoms with van der Waals surface area (Å²) in [6.07, 6.45) is 45.5. The van der Waals surface area contributed by atoms with Crippen LogP contribution in [0.25, 0.3) is 0 Å². The van der Waals surface area contributed by atoms with Crippen molar-refractivity contribution in [3.63, 3.8) is 0 Å². The van der Waals surface area contributed by atoms with Crippen LogP contribution in [0, 0.1) is 0 Å². The van der Waals surface area contributed by atoms with E-state index in [1.165, 1.54) is 223 Å². The van der Waals surface area contributed by atoms with Crippen molar-refractivity contribution in [2.24, 2.45) is 0 Å². The molecule has 2 N–H and O–H groups in total. The third-order valence-electron chi connectivity index (χ3n) is 12.8. The summed E-state index contributed by atoms with van der Waals surface area (Å²) in [7, 11) is 1.18. The lowest BCUT2D eigenvalue weighted by atomic mass is 10.1. The summed E-state index contributed by atoms with van der Waals surface area (Å²) in [6, 6.07) is 0. The van der Waals surface area contributed by atoms with E-state index in [1.54, 1.807) is 13.8 Å². The zero-order valence-corrected chi connectivity index (χ0v) is 66.3. The molecule has 0 saturated carbocycles. The summed E-state index contributed by atoms with van der Waals surface area (Å²) in [5.41, 5.74) is 0. The van der Waals surface area contributed by atoms with Gasteiger partial charge in [-0.05, 0) is 83.2 Å². The third kappa shape index (κ3) is 151. The monoisotopic (exact) mass is 1550 g/mol. The minimum atomic E-state index is -4.69. The molecule has 0 bridgehead atoms. The highest BCUT2D eigenvalue weighted by molar-refractivity contribution is 8.13. The molecule has 0 aliphatic rings. The average molecular weight is 1550 g/mol. The molecule has 0 aliphatic heterocycles. The third-order valence-corrected chi connectivity index (χ3v) is 16.4. The van der Waals surface area contributed by atoms with Crippen molar-refractivity contribution in [3.05, 3.63) is 12.7 Å². The van der Waals surface area contributed by atoms with E-state index in [0.717, 1.165) is 81.8 Å². The fourth-order valence-electron chi connectivity index (χ4n) is 8.04. The van der Waals surface area contributed by atoms with Gasteiger partial charge in [-0.3, -0.25) is 22.7 Å². The molecule has 572 valence electrons. The number of ether oxygens (including phenoxy) is 4. The molecule has 94 heavy (non-hydrogen) atoms. The van der Waals surface area contributed by atoms with Crippen LogP contribution in [0.5, 0.6) is 0 Å². The molecule has 0 aromatic heterocycles. The molecule has 0 unspecified atom stereocenters. The van der Waals surface area contributed by atoms with Gasteiger partial charge in [0.15, 0.2) is 15.3 Å². The van der Waals surface area contributed by atoms with E-state index in [2.05, 4.69) is 76.6 Å². The summed E-state index contributed by atoms with van der Waals surface area (Å²) >= 11 is 10.4. The van der Waals surface area contributed by atoms with E-state index in [4.69, 9.17) is 58.9 Å². The molecule has 0 heterocycles. The number of thioether (sulfide) groups is 2. The molecule has 0 fully saturated rings. The fraction of sp³-hybridized carbons (Fsp3) is 0.923. The van der Waals surface area contributed by atoms with Gasteiger partial charge in [-0.2, -0.15) is 37.9 Å². The molecule has 18 nitrogen and oxygen atoms in total. The zero-order valence-electron chi connectivity index (χ0n) is 58.2. The summed E-state index contributed by atoms with van der Waals surface area (Å²) in [5, 5.41) is 17.3. The second kappa shape index (κ2) is 93.4. The lowest BCUT2D eigenvalue weighted by Gasteiger charge is -2.13. The second-order valence-electron chi connectivity index (χ2n) is 21.3. The van der Waals surface area contributed by atoms with Crippen molar-refractivity contribution in [2.45, 2.75) is 274 Å². The smallest absolute Gasteiger partial charge is 0.391 e. The van der Waals surface area contributed by atoms with Gasteiger partial charge in [-0.1, -0.05) is 229 Å². The molecule has 0 aliphatic carbocycles. The number of hydrogen-bond donors (Lipinski definition) is 4. The van der Waals surface area contributed by atoms with Crippen LogP contribution in [0.1, 0.15) is 274 Å². The van der Waals surface area contributed by atoms with E-state index in [1.807, 2.05) is 6.08 Å². The molecule has 0 spiro atoms. The summed E-state index contributed by atoms with van der Waals surface area (Å²) in [4.78, 5) is 33.1. The Balaban J connectivity index is -0.000000162. The first kappa shape index (κ1) is 110. The maximum absolute atomic E-state index is 10.7. The first-order valence-electron chi connectivity index (χ1n) is 34.0. The highest BCUT2D eigenvalue weighted by atomic mass is 35.7. The Morgan fingerprint density at radius 2 is 0.660 bits per heavy atom. The Kier molecular flexibility index (Phi) is 110. The minimum absolute atomic E-state index is 0. The van der Waals surface area contributed by atoms with Crippen molar-refractivity contribution in [1.82, 2.24) is 4.90 Å². The Hall–Kier alpha value is 0.440. The van der Waals surface area contributed by atoms with Gasteiger partial charge < -0.3 is 34.1 Å². The van der Waals surface area contributed by atoms with Crippen LogP contribution >= 0.6 is 80.8 Å². The maximum atomic E-state index is 10.7. The van der Waals surface area contributed by atoms with Crippen LogP contribution in [0.4, 0.5) is 3.89 Å². The largest absolute Gasteiger partial charge is 0.394 e. The predicted molar refractivity (Wildman–Crippen MR) is 407 cm³/mol. The first-order chi connectivity index (χ1) is 44.2. The summed E-state index contributed by atoms with van der Waals surface area (Å²) < 4.78 is 99.3. The van der Waals surface area contributed by atoms with Gasteiger partial charge >= 0.3 is 28.1 Å². The molecule has 0 saturated heterocycles. The van der Waals surface area contributed by atoms with Gasteiger partial charge in [0.1, 0.15) is 0 Å². The van der Waals surface area contributed by atoms with E-state index in [0.29, 0.717) is 26.4 Å². The number of nitrogens with zero attached hydrogens (tertiary/aromatic N) is 1. The number of unbranched alkanes of at least 4 members (excludes halogenated alkanes) is 31. The van der Waals surface area contributed by atoms with Crippen LogP contribution < -0.4 is 0 Å². The van der Waals surface area contributed by atoms with E-state index < -0.39 is 28.1 Å². The molecule has 0 amide bonds. The average Bonchev–Trinajstić information content (AvgIpc) is 3.59. The molecule has 0 aromatic rings. The Labute approximate surface area is 608 Å². The van der Waals surface area contributed by atoms with Crippen molar-refractivity contribution in [1.29, 1.82) is 0 Å². The van der Waals surface area contributed by atoms with Crippen LogP contribution in [0.15, 0.2) is 12.7 Å². The molecule has 0 rings (SSSR count). The SMILES string of the molecule is C.C=CCCCCCCCCCOCCO.CC(=O)S.CC(=O)SCCCCCCCCCCCOCCO.CC(=O)SCCCCCCCCCCCOCCOS(=O)(=O)Cl.CCN(CC)CC.O=S(=O)(Cl)OCCOCCCCCCCCCCCS.O=S(=O)(F)Cl. The summed E-state index contributed by atoms with van der Waals surface area (Å²) in [6.45, 7) is 23.0. The second-order valence-corrected chi connectivity index (χ2v) is 31.1. The van der Waals surface area contributed by atoms with Crippen molar-refractivity contribution in [2.75, 3.05) is 116 Å². The highest BCUT2D eigenvalue weighted by Gasteiger charge is 2.05. The number of carbonyl (C=O) groups excluding carboxylic acids is 3. The zero-order chi connectivity index (χ0) is 71.7. The van der Waals surface area contributed by atoms with E-state index in [9.17, 15) is 35.1 Å². The number of hydrogen-bond acceptors (Lipinski definition) is 21. The number of halogens is 4. The van der Waals surface area contributed by atoms with Crippen molar-refractivity contribution >= 4 is 124 Å². The Morgan fingerprint density at radius 3 is 0.862 bits per heavy atom. The number of rotatable bonds is 60.